The lowest BCUT2D eigenvalue weighted by Crippen LogP contribution is -1.88. The molecule has 4 heteroatoms. The number of hydrogen-bond acceptors (Lipinski definition) is 2. The van der Waals surface area contributed by atoms with Crippen molar-refractivity contribution in [2.75, 3.05) is 0 Å². The Balaban J connectivity index is 2.55. The van der Waals surface area contributed by atoms with E-state index in [1.165, 1.54) is 0 Å². The first-order chi connectivity index (χ1) is 1.91. The molecule has 3 nitrogen and oxygen atoms in total. The van der Waals surface area contributed by atoms with Crippen LogP contribution in [-0.4, -0.2) is 14.7 Å². The van der Waals surface area contributed by atoms with Gasteiger partial charge in [-0.3, -0.25) is 0 Å². The van der Waals surface area contributed by atoms with Gasteiger partial charge in [0, 0.05) is 0 Å². The first-order valence-corrected chi connectivity index (χ1v) is 1.97. The molecular weight excluding hydrogens is 72.1 g/mol. The summed E-state index contributed by atoms with van der Waals surface area (Å²) >= 11 is 0. The number of nitrogens with zero attached hydrogens (tertiary/aromatic N) is 1. The van der Waals surface area contributed by atoms with Crippen molar-refractivity contribution >= 4 is 9.47 Å². The average Bonchev–Trinajstić information content (AvgIpc) is 1.37. The Morgan fingerprint density at radius 1 is 2.00 bits per heavy atom. The molecule has 0 aromatic rings. The molecule has 0 radical (unpaired) electrons. The van der Waals surface area contributed by atoms with Gasteiger partial charge >= 0.3 is 0 Å². The highest BCUT2D eigenvalue weighted by Gasteiger charge is 1.37. The predicted octanol–water partition coefficient (Wildman–Crippen LogP) is -1.13. The molecule has 0 aromatic carbocycles. The van der Waals surface area contributed by atoms with Crippen LogP contribution in [0.25, 0.3) is 0 Å². The summed E-state index contributed by atoms with van der Waals surface area (Å²) in [4.78, 5) is 2.60. The maximum atomic E-state index is 7.41. The van der Waals surface area contributed by atoms with Crippen molar-refractivity contribution < 1.29 is 5.21 Å². The smallest absolute Gasteiger partial charge is 0.273 e. The third kappa shape index (κ3) is 1.62. The zero-order chi connectivity index (χ0) is 3.41. The molecule has 0 atom stereocenters. The lowest BCUT2D eigenvalue weighted by molar-refractivity contribution is 0.324. The van der Waals surface area contributed by atoms with Crippen LogP contribution in [-0.2, 0) is 0 Å². The molecule has 4 heavy (non-hydrogen) atoms. The molecule has 0 aliphatic heterocycles. The third-order valence-electron chi connectivity index (χ3n) is 0.0667. The van der Waals surface area contributed by atoms with Crippen molar-refractivity contribution in [3.05, 3.63) is 0 Å². The second-order valence-corrected chi connectivity index (χ2v) is 0.794. The highest BCUT2D eigenvalue weighted by Crippen LogP contribution is 1.25. The van der Waals surface area contributed by atoms with Crippen LogP contribution in [0.4, 0.5) is 0 Å². The van der Waals surface area contributed by atoms with E-state index < -0.39 is 9.47 Å². The van der Waals surface area contributed by atoms with Gasteiger partial charge in [-0.05, 0) is 0 Å². The number of nitrogens with two attached hydrogens (primary N) is 1. The zero-order valence-corrected chi connectivity index (χ0v) is 3.20. The minimum atomic E-state index is -0.537. The summed E-state index contributed by atoms with van der Waals surface area (Å²) in [6, 6.07) is 0. The highest BCUT2D eigenvalue weighted by molar-refractivity contribution is 6.15. The SMILES string of the molecule is N[SiH]=NO. The molecule has 0 aromatic heterocycles. The fourth-order valence-electron chi connectivity index (χ4n) is 0. The lowest BCUT2D eigenvalue weighted by atomic mass is 13.6. The summed E-state index contributed by atoms with van der Waals surface area (Å²) in [6.07, 6.45) is 0. The summed E-state index contributed by atoms with van der Waals surface area (Å²) in [6.45, 7) is 0. The van der Waals surface area contributed by atoms with Gasteiger partial charge in [-0.15, -0.1) is 4.80 Å². The van der Waals surface area contributed by atoms with Gasteiger partial charge in [0.2, 0.25) is 0 Å². The summed E-state index contributed by atoms with van der Waals surface area (Å²) in [5.41, 5.74) is 0. The fourth-order valence-corrected chi connectivity index (χ4v) is 0. The monoisotopic (exact) mass is 76.0 g/mol. The lowest BCUT2D eigenvalue weighted by Gasteiger charge is -1.55. The van der Waals surface area contributed by atoms with Crippen LogP contribution in [0.5, 0.6) is 0 Å². The van der Waals surface area contributed by atoms with Gasteiger partial charge in [-0.1, -0.05) is 0 Å². The summed E-state index contributed by atoms with van der Waals surface area (Å²) in [7, 11) is -0.537. The van der Waals surface area contributed by atoms with Crippen LogP contribution < -0.4 is 5.40 Å². The van der Waals surface area contributed by atoms with Crippen LogP contribution in [0.3, 0.4) is 0 Å². The Morgan fingerprint density at radius 3 is 2.25 bits per heavy atom. The predicted molar refractivity (Wildman–Crippen MR) is 15.6 cm³/mol. The standard InChI is InChI=1S/H4N2OSi/c1-4-2-3/h3-4H,1H2. The van der Waals surface area contributed by atoms with Gasteiger partial charge in [0.1, 0.15) is 0 Å². The molecule has 0 bridgehead atoms. The van der Waals surface area contributed by atoms with Crippen molar-refractivity contribution in [1.82, 2.24) is 0 Å². The molecule has 0 saturated carbocycles. The number of hydrogen-bond donors (Lipinski definition) is 2. The van der Waals surface area contributed by atoms with Crippen LogP contribution >= 0.6 is 0 Å². The van der Waals surface area contributed by atoms with E-state index in [1.54, 1.807) is 0 Å². The van der Waals surface area contributed by atoms with Crippen molar-refractivity contribution in [3.8, 4) is 0 Å². The van der Waals surface area contributed by atoms with Crippen molar-refractivity contribution in [3.63, 3.8) is 0 Å². The molecule has 0 heterocycles. The molecule has 0 spiro atoms. The molecule has 0 aliphatic carbocycles. The third-order valence-corrected chi connectivity index (χ3v) is 0.200. The molecular formula is H4N2OSi. The normalized spacial score (nSPS) is 9.00. The maximum absolute atomic E-state index is 7.41. The zero-order valence-electron chi connectivity index (χ0n) is 2.05. The Kier molecular flexibility index (Phi) is 2.37. The summed E-state index contributed by atoms with van der Waals surface area (Å²) < 4.78 is 0. The Morgan fingerprint density at radius 2 is 2.25 bits per heavy atom. The van der Waals surface area contributed by atoms with Crippen molar-refractivity contribution in [1.29, 1.82) is 0 Å². The average molecular weight is 76.1 g/mol. The van der Waals surface area contributed by atoms with Crippen molar-refractivity contribution in [2.24, 2.45) is 10.2 Å². The Bertz CT molecular complexity index is 21.2. The van der Waals surface area contributed by atoms with Gasteiger partial charge in [-0.2, -0.15) is 0 Å². The minimum Gasteiger partial charge on any atom is -0.419 e. The quantitative estimate of drug-likeness (QED) is 0.283. The van der Waals surface area contributed by atoms with E-state index in [1.807, 2.05) is 0 Å². The van der Waals surface area contributed by atoms with Crippen LogP contribution in [0.1, 0.15) is 0 Å². The van der Waals surface area contributed by atoms with Gasteiger partial charge < -0.3 is 10.6 Å². The maximum Gasteiger partial charge on any atom is 0.273 e. The number of rotatable bonds is 0. The van der Waals surface area contributed by atoms with Gasteiger partial charge in [0.25, 0.3) is 9.47 Å². The van der Waals surface area contributed by atoms with E-state index in [0.717, 1.165) is 0 Å². The first kappa shape index (κ1) is 3.62. The topological polar surface area (TPSA) is 58.6 Å². The van der Waals surface area contributed by atoms with Crippen molar-refractivity contribution in [2.45, 2.75) is 0 Å². The van der Waals surface area contributed by atoms with E-state index in [9.17, 15) is 0 Å². The first-order valence-electron chi connectivity index (χ1n) is 0.792. The van der Waals surface area contributed by atoms with Gasteiger partial charge in [-0.25, -0.2) is 0 Å². The largest absolute Gasteiger partial charge is 0.419 e. The molecule has 0 fully saturated rings. The minimum absolute atomic E-state index is 0.537. The fraction of sp³-hybridized carbons (Fsp3) is 0. The summed E-state index contributed by atoms with van der Waals surface area (Å²) in [5, 5.41) is 12.1. The Labute approximate surface area is 26.0 Å². The molecule has 0 saturated heterocycles. The highest BCUT2D eigenvalue weighted by atomic mass is 28.2. The molecule has 0 unspecified atom stereocenters. The Hall–Kier alpha value is -0.383. The second-order valence-electron chi connectivity index (χ2n) is 0.265. The van der Waals surface area contributed by atoms with Crippen LogP contribution in [0.15, 0.2) is 4.80 Å². The van der Waals surface area contributed by atoms with Gasteiger partial charge in [0.05, 0.1) is 0 Å². The van der Waals surface area contributed by atoms with E-state index >= 15 is 0 Å². The molecule has 0 amide bonds. The van der Waals surface area contributed by atoms with Crippen LogP contribution in [0, 0.1) is 0 Å². The second kappa shape index (κ2) is 2.62. The van der Waals surface area contributed by atoms with Gasteiger partial charge in [0.15, 0.2) is 0 Å². The van der Waals surface area contributed by atoms with E-state index in [4.69, 9.17) is 10.6 Å². The summed E-state index contributed by atoms with van der Waals surface area (Å²) in [5.74, 6) is 0. The molecule has 0 rings (SSSR count). The van der Waals surface area contributed by atoms with E-state index in [2.05, 4.69) is 4.80 Å². The van der Waals surface area contributed by atoms with Crippen LogP contribution in [0.2, 0.25) is 0 Å². The van der Waals surface area contributed by atoms with E-state index in [-0.39, 0.29) is 0 Å². The molecule has 3 N–H and O–H groups in total. The molecule has 0 aliphatic rings. The molecule has 24 valence electrons. The van der Waals surface area contributed by atoms with E-state index in [0.29, 0.717) is 0 Å².